The van der Waals surface area contributed by atoms with Crippen LogP contribution in [0.25, 0.3) is 0 Å². The number of likely N-dealkylation sites (N-methyl/N-ethyl adjacent to an activating group) is 1. The lowest BCUT2D eigenvalue weighted by Gasteiger charge is -2.43. The standard InChI is InChI=1S/C22H40FN3O2/c1-16(2)28-20-12-13-26(15-18(20)23)21(27)19-14-24-22(3,25(19)4)17-10-8-6-5-7-9-11-17/h16-20,24H,5-15H2,1-4H3/t18-,19?,20+,22?/m1/s1. The number of carbonyl (C=O) groups excluding carboxylic acids is 1. The Morgan fingerprint density at radius 2 is 1.79 bits per heavy atom. The number of alkyl halides is 1. The molecule has 6 heteroatoms. The number of piperidine rings is 1. The zero-order valence-electron chi connectivity index (χ0n) is 18.3. The van der Waals surface area contributed by atoms with Crippen molar-refractivity contribution in [2.45, 2.75) is 102 Å². The van der Waals surface area contributed by atoms with E-state index in [1.54, 1.807) is 4.90 Å². The van der Waals surface area contributed by atoms with Crippen molar-refractivity contribution in [3.05, 3.63) is 0 Å². The number of ether oxygens (including phenoxy) is 1. The van der Waals surface area contributed by atoms with E-state index in [-0.39, 0.29) is 36.4 Å². The molecule has 28 heavy (non-hydrogen) atoms. The normalized spacial score (nSPS) is 36.5. The van der Waals surface area contributed by atoms with Crippen molar-refractivity contribution in [2.75, 3.05) is 26.7 Å². The summed E-state index contributed by atoms with van der Waals surface area (Å²) in [5.74, 6) is 0.630. The van der Waals surface area contributed by atoms with Crippen LogP contribution in [0.3, 0.4) is 0 Å². The number of rotatable bonds is 4. The van der Waals surface area contributed by atoms with Crippen molar-refractivity contribution in [2.24, 2.45) is 5.92 Å². The molecule has 3 rings (SSSR count). The van der Waals surface area contributed by atoms with Gasteiger partial charge in [-0.1, -0.05) is 32.1 Å². The Hall–Kier alpha value is -0.720. The van der Waals surface area contributed by atoms with E-state index < -0.39 is 6.17 Å². The molecule has 3 aliphatic rings. The molecule has 0 radical (unpaired) electrons. The first kappa shape index (κ1) is 22.0. The molecule has 4 atom stereocenters. The summed E-state index contributed by atoms with van der Waals surface area (Å²) in [7, 11) is 2.07. The number of hydrogen-bond acceptors (Lipinski definition) is 4. The third-order valence-electron chi connectivity index (χ3n) is 7.28. The van der Waals surface area contributed by atoms with Crippen LogP contribution < -0.4 is 5.32 Å². The van der Waals surface area contributed by atoms with Crippen LogP contribution in [0.15, 0.2) is 0 Å². The van der Waals surface area contributed by atoms with Crippen molar-refractivity contribution in [1.29, 1.82) is 0 Å². The van der Waals surface area contributed by atoms with Crippen molar-refractivity contribution in [3.63, 3.8) is 0 Å². The van der Waals surface area contributed by atoms with Gasteiger partial charge in [0.25, 0.3) is 0 Å². The molecule has 1 amide bonds. The molecule has 162 valence electrons. The Balaban J connectivity index is 1.60. The maximum atomic E-state index is 14.6. The monoisotopic (exact) mass is 397 g/mol. The molecule has 2 heterocycles. The molecule has 0 aromatic rings. The third kappa shape index (κ3) is 4.71. The molecule has 0 aromatic carbocycles. The van der Waals surface area contributed by atoms with Crippen LogP contribution in [0.4, 0.5) is 4.39 Å². The lowest BCUT2D eigenvalue weighted by Crippen LogP contribution is -2.58. The summed E-state index contributed by atoms with van der Waals surface area (Å²) in [5.41, 5.74) is -0.147. The minimum Gasteiger partial charge on any atom is -0.372 e. The van der Waals surface area contributed by atoms with E-state index in [2.05, 4.69) is 24.2 Å². The highest BCUT2D eigenvalue weighted by Gasteiger charge is 2.49. The first-order valence-electron chi connectivity index (χ1n) is 11.4. The second-order valence-corrected chi connectivity index (χ2v) is 9.51. The maximum absolute atomic E-state index is 14.6. The predicted octanol–water partition coefficient (Wildman–Crippen LogP) is 3.33. The first-order chi connectivity index (χ1) is 13.3. The van der Waals surface area contributed by atoms with Gasteiger partial charge in [0.2, 0.25) is 5.91 Å². The van der Waals surface area contributed by atoms with Crippen LogP contribution in [-0.4, -0.2) is 72.5 Å². The minimum atomic E-state index is -1.10. The molecule has 2 unspecified atom stereocenters. The third-order valence-corrected chi connectivity index (χ3v) is 7.28. The molecular formula is C22H40FN3O2. The Labute approximate surface area is 170 Å². The van der Waals surface area contributed by atoms with Crippen LogP contribution in [0, 0.1) is 5.92 Å². The van der Waals surface area contributed by atoms with Crippen molar-refractivity contribution in [3.8, 4) is 0 Å². The van der Waals surface area contributed by atoms with Gasteiger partial charge in [-0.25, -0.2) is 4.39 Å². The van der Waals surface area contributed by atoms with Crippen LogP contribution in [-0.2, 0) is 9.53 Å². The van der Waals surface area contributed by atoms with E-state index in [0.717, 1.165) is 0 Å². The second-order valence-electron chi connectivity index (χ2n) is 9.51. The van der Waals surface area contributed by atoms with Gasteiger partial charge >= 0.3 is 0 Å². The minimum absolute atomic E-state index is 0.0140. The average Bonchev–Trinajstić information content (AvgIpc) is 2.91. The molecule has 2 aliphatic heterocycles. The molecular weight excluding hydrogens is 357 g/mol. The second kappa shape index (κ2) is 9.40. The summed E-state index contributed by atoms with van der Waals surface area (Å²) >= 11 is 0. The van der Waals surface area contributed by atoms with Gasteiger partial charge in [0, 0.05) is 13.1 Å². The molecule has 5 nitrogen and oxygen atoms in total. The zero-order valence-corrected chi connectivity index (χ0v) is 18.3. The van der Waals surface area contributed by atoms with Crippen molar-refractivity contribution < 1.29 is 13.9 Å². The Morgan fingerprint density at radius 3 is 2.39 bits per heavy atom. The van der Waals surface area contributed by atoms with Crippen molar-refractivity contribution >= 4 is 5.91 Å². The SMILES string of the molecule is CC(C)O[C@H]1CCN(C(=O)C2CNC(C)(C3CCCCCCC3)N2C)C[C@H]1F. The molecule has 0 bridgehead atoms. The summed E-state index contributed by atoms with van der Waals surface area (Å²) in [6, 6.07) is -0.204. The van der Waals surface area contributed by atoms with Crippen LogP contribution >= 0.6 is 0 Å². The zero-order chi connectivity index (χ0) is 20.3. The van der Waals surface area contributed by atoms with E-state index in [1.807, 2.05) is 13.8 Å². The molecule has 1 saturated carbocycles. The summed E-state index contributed by atoms with van der Waals surface area (Å²) < 4.78 is 20.3. The van der Waals surface area contributed by atoms with E-state index in [1.165, 1.54) is 44.9 Å². The largest absolute Gasteiger partial charge is 0.372 e. The molecule has 0 aromatic heterocycles. The van der Waals surface area contributed by atoms with E-state index >= 15 is 0 Å². The lowest BCUT2D eigenvalue weighted by atomic mass is 9.82. The average molecular weight is 398 g/mol. The fourth-order valence-corrected chi connectivity index (χ4v) is 5.39. The van der Waals surface area contributed by atoms with Crippen LogP contribution in [0.2, 0.25) is 0 Å². The summed E-state index contributed by atoms with van der Waals surface area (Å²) in [6.45, 7) is 7.51. The Morgan fingerprint density at radius 1 is 1.14 bits per heavy atom. The number of likely N-dealkylation sites (tertiary alicyclic amines) is 1. The van der Waals surface area contributed by atoms with Gasteiger partial charge in [-0.2, -0.15) is 0 Å². The highest BCUT2D eigenvalue weighted by Crippen LogP contribution is 2.36. The van der Waals surface area contributed by atoms with Gasteiger partial charge in [0.05, 0.1) is 24.4 Å². The maximum Gasteiger partial charge on any atom is 0.241 e. The van der Waals surface area contributed by atoms with Crippen LogP contribution in [0.5, 0.6) is 0 Å². The van der Waals surface area contributed by atoms with E-state index in [9.17, 15) is 9.18 Å². The number of halogens is 1. The highest BCUT2D eigenvalue weighted by atomic mass is 19.1. The first-order valence-corrected chi connectivity index (χ1v) is 11.4. The van der Waals surface area contributed by atoms with Gasteiger partial charge in [-0.15, -0.1) is 0 Å². The topological polar surface area (TPSA) is 44.8 Å². The number of nitrogens with zero attached hydrogens (tertiary/aromatic N) is 2. The lowest BCUT2D eigenvalue weighted by molar-refractivity contribution is -0.143. The summed E-state index contributed by atoms with van der Waals surface area (Å²) in [6.07, 6.45) is 8.11. The smallest absolute Gasteiger partial charge is 0.241 e. The molecule has 2 saturated heterocycles. The number of carbonyl (C=O) groups is 1. The van der Waals surface area contributed by atoms with Gasteiger partial charge in [0.1, 0.15) is 12.2 Å². The number of amides is 1. The van der Waals surface area contributed by atoms with Gasteiger partial charge < -0.3 is 9.64 Å². The fourth-order valence-electron chi connectivity index (χ4n) is 5.39. The van der Waals surface area contributed by atoms with Crippen LogP contribution in [0.1, 0.15) is 72.1 Å². The van der Waals surface area contributed by atoms with Gasteiger partial charge in [-0.05, 0) is 53.0 Å². The molecule has 1 aliphatic carbocycles. The number of hydrogen-bond donors (Lipinski definition) is 1. The number of nitrogens with one attached hydrogen (secondary N) is 1. The van der Waals surface area contributed by atoms with Gasteiger partial charge in [0.15, 0.2) is 0 Å². The summed E-state index contributed by atoms with van der Waals surface area (Å²) in [4.78, 5) is 17.2. The quantitative estimate of drug-likeness (QED) is 0.790. The summed E-state index contributed by atoms with van der Waals surface area (Å²) in [5, 5.41) is 3.68. The van der Waals surface area contributed by atoms with E-state index in [0.29, 0.717) is 25.4 Å². The van der Waals surface area contributed by atoms with Crippen molar-refractivity contribution in [1.82, 2.24) is 15.1 Å². The molecule has 0 spiro atoms. The molecule has 1 N–H and O–H groups in total. The van der Waals surface area contributed by atoms with Gasteiger partial charge in [-0.3, -0.25) is 15.0 Å². The highest BCUT2D eigenvalue weighted by molar-refractivity contribution is 5.83. The Kier molecular flexibility index (Phi) is 7.37. The fraction of sp³-hybridized carbons (Fsp3) is 0.955. The molecule has 3 fully saturated rings. The Bertz CT molecular complexity index is 524. The van der Waals surface area contributed by atoms with E-state index in [4.69, 9.17) is 4.74 Å². The predicted molar refractivity (Wildman–Crippen MR) is 110 cm³/mol.